The van der Waals surface area contributed by atoms with Crippen LogP contribution in [0.2, 0.25) is 0 Å². The van der Waals surface area contributed by atoms with Gasteiger partial charge >= 0.3 is 0 Å². The third-order valence-corrected chi connectivity index (χ3v) is 4.67. The number of hydrogen-bond donors (Lipinski definition) is 0. The number of carbonyl (C=O) groups is 1. The number of nitrogens with zero attached hydrogens (tertiary/aromatic N) is 1. The molecule has 1 aliphatic rings. The van der Waals surface area contributed by atoms with Gasteiger partial charge in [-0.1, -0.05) is 39.5 Å². The summed E-state index contributed by atoms with van der Waals surface area (Å²) in [4.78, 5) is 14.2. The molecule has 0 aliphatic carbocycles. The fourth-order valence-corrected chi connectivity index (χ4v) is 3.91. The van der Waals surface area contributed by atoms with Gasteiger partial charge in [-0.2, -0.15) is 0 Å². The van der Waals surface area contributed by atoms with Crippen molar-refractivity contribution in [2.75, 3.05) is 38.6 Å². The quantitative estimate of drug-likeness (QED) is 0.687. The highest BCUT2D eigenvalue weighted by molar-refractivity contribution is 8.13. The number of thioether (sulfide) groups is 1. The predicted molar refractivity (Wildman–Crippen MR) is 87.2 cm³/mol. The van der Waals surface area contributed by atoms with E-state index in [1.165, 1.54) is 18.2 Å². The first-order chi connectivity index (χ1) is 9.39. The average Bonchev–Trinajstić information content (AvgIpc) is 2.36. The van der Waals surface area contributed by atoms with Gasteiger partial charge < -0.3 is 4.74 Å². The summed E-state index contributed by atoms with van der Waals surface area (Å²) in [6.45, 7) is 13.6. The summed E-state index contributed by atoms with van der Waals surface area (Å²) < 4.78 is 5.31. The second-order valence-electron chi connectivity index (χ2n) is 6.94. The van der Waals surface area contributed by atoms with E-state index in [4.69, 9.17) is 4.74 Å². The molecule has 4 heteroatoms. The zero-order chi connectivity index (χ0) is 15.0. The minimum atomic E-state index is 0.344. The summed E-state index contributed by atoms with van der Waals surface area (Å²) in [5.74, 6) is 1.69. The molecule has 20 heavy (non-hydrogen) atoms. The summed E-state index contributed by atoms with van der Waals surface area (Å²) in [6, 6.07) is 0. The lowest BCUT2D eigenvalue weighted by atomic mass is 9.82. The highest BCUT2D eigenvalue weighted by Gasteiger charge is 2.20. The van der Waals surface area contributed by atoms with Gasteiger partial charge in [0, 0.05) is 31.8 Å². The standard InChI is InChI=1S/C16H31NO2S/c1-14(2)13-16(3,4)6-12-20-15(18)5-7-17-8-10-19-11-9-17/h14H,5-13H2,1-4H3. The molecule has 0 bridgehead atoms. The molecule has 0 aromatic heterocycles. The first-order valence-corrected chi connectivity index (χ1v) is 8.83. The van der Waals surface area contributed by atoms with Gasteiger partial charge in [0.2, 0.25) is 0 Å². The van der Waals surface area contributed by atoms with Crippen molar-refractivity contribution in [1.29, 1.82) is 0 Å². The van der Waals surface area contributed by atoms with Crippen LogP contribution in [0.5, 0.6) is 0 Å². The van der Waals surface area contributed by atoms with E-state index < -0.39 is 0 Å². The van der Waals surface area contributed by atoms with E-state index in [0.29, 0.717) is 17.0 Å². The van der Waals surface area contributed by atoms with Crippen LogP contribution in [0.1, 0.15) is 47.0 Å². The second-order valence-corrected chi connectivity index (χ2v) is 8.09. The van der Waals surface area contributed by atoms with E-state index in [9.17, 15) is 4.79 Å². The molecule has 0 amide bonds. The Labute approximate surface area is 128 Å². The van der Waals surface area contributed by atoms with Gasteiger partial charge in [-0.15, -0.1) is 0 Å². The lowest BCUT2D eigenvalue weighted by Gasteiger charge is -2.27. The zero-order valence-corrected chi connectivity index (χ0v) is 14.4. The zero-order valence-electron chi connectivity index (χ0n) is 13.6. The Morgan fingerprint density at radius 1 is 1.30 bits per heavy atom. The van der Waals surface area contributed by atoms with Gasteiger partial charge in [0.15, 0.2) is 5.12 Å². The van der Waals surface area contributed by atoms with Crippen molar-refractivity contribution in [1.82, 2.24) is 4.90 Å². The molecule has 0 saturated carbocycles. The van der Waals surface area contributed by atoms with E-state index in [2.05, 4.69) is 32.6 Å². The number of hydrogen-bond acceptors (Lipinski definition) is 4. The van der Waals surface area contributed by atoms with Gasteiger partial charge in [0.25, 0.3) is 0 Å². The Balaban J connectivity index is 2.10. The minimum Gasteiger partial charge on any atom is -0.379 e. The maximum absolute atomic E-state index is 11.9. The molecule has 3 nitrogen and oxygen atoms in total. The fourth-order valence-electron chi connectivity index (χ4n) is 2.79. The lowest BCUT2D eigenvalue weighted by molar-refractivity contribution is -0.111. The summed E-state index contributed by atoms with van der Waals surface area (Å²) in [5.41, 5.74) is 0.353. The first kappa shape index (κ1) is 18.0. The Bertz CT molecular complexity index is 286. The van der Waals surface area contributed by atoms with Crippen LogP contribution in [-0.4, -0.2) is 48.6 Å². The molecule has 0 aromatic carbocycles. The third-order valence-electron chi connectivity index (χ3n) is 3.74. The molecule has 1 heterocycles. The maximum atomic E-state index is 11.9. The molecule has 1 aliphatic heterocycles. The summed E-state index contributed by atoms with van der Waals surface area (Å²) in [5, 5.41) is 0.344. The topological polar surface area (TPSA) is 29.5 Å². The van der Waals surface area contributed by atoms with Gasteiger partial charge in [-0.25, -0.2) is 0 Å². The monoisotopic (exact) mass is 301 g/mol. The van der Waals surface area contributed by atoms with Crippen LogP contribution in [0, 0.1) is 11.3 Å². The molecule has 0 aromatic rings. The minimum absolute atomic E-state index is 0.344. The van der Waals surface area contributed by atoms with Crippen molar-refractivity contribution >= 4 is 16.9 Å². The number of rotatable bonds is 8. The van der Waals surface area contributed by atoms with Crippen LogP contribution >= 0.6 is 11.8 Å². The summed E-state index contributed by atoms with van der Waals surface area (Å²) in [6.07, 6.45) is 3.03. The molecule has 1 rings (SSSR count). The van der Waals surface area contributed by atoms with Crippen LogP contribution in [-0.2, 0) is 9.53 Å². The normalized spacial score (nSPS) is 17.6. The van der Waals surface area contributed by atoms with Crippen molar-refractivity contribution < 1.29 is 9.53 Å². The highest BCUT2D eigenvalue weighted by Crippen LogP contribution is 2.30. The van der Waals surface area contributed by atoms with Crippen LogP contribution in [0.15, 0.2) is 0 Å². The van der Waals surface area contributed by atoms with E-state index in [-0.39, 0.29) is 0 Å². The van der Waals surface area contributed by atoms with Crippen molar-refractivity contribution in [2.24, 2.45) is 11.3 Å². The largest absolute Gasteiger partial charge is 0.379 e. The Hall–Kier alpha value is -0.0600. The molecule has 1 fully saturated rings. The average molecular weight is 301 g/mol. The number of ether oxygens (including phenoxy) is 1. The Kier molecular flexibility index (Phi) is 8.15. The van der Waals surface area contributed by atoms with Gasteiger partial charge in [-0.3, -0.25) is 9.69 Å². The van der Waals surface area contributed by atoms with Gasteiger partial charge in [0.05, 0.1) is 13.2 Å². The van der Waals surface area contributed by atoms with Crippen molar-refractivity contribution in [3.63, 3.8) is 0 Å². The van der Waals surface area contributed by atoms with Crippen molar-refractivity contribution in [2.45, 2.75) is 47.0 Å². The van der Waals surface area contributed by atoms with Crippen LogP contribution in [0.4, 0.5) is 0 Å². The van der Waals surface area contributed by atoms with Gasteiger partial charge in [-0.05, 0) is 24.2 Å². The summed E-state index contributed by atoms with van der Waals surface area (Å²) >= 11 is 1.52. The number of carbonyl (C=O) groups excluding carboxylic acids is 1. The van der Waals surface area contributed by atoms with Crippen LogP contribution < -0.4 is 0 Å². The molecular weight excluding hydrogens is 270 g/mol. The Morgan fingerprint density at radius 3 is 2.55 bits per heavy atom. The second kappa shape index (κ2) is 9.06. The molecule has 118 valence electrons. The lowest BCUT2D eigenvalue weighted by Crippen LogP contribution is -2.37. The van der Waals surface area contributed by atoms with Crippen molar-refractivity contribution in [3.05, 3.63) is 0 Å². The molecule has 0 N–H and O–H groups in total. The molecule has 1 saturated heterocycles. The molecule has 0 unspecified atom stereocenters. The first-order valence-electron chi connectivity index (χ1n) is 7.85. The number of morpholine rings is 1. The smallest absolute Gasteiger partial charge is 0.190 e. The fraction of sp³-hybridized carbons (Fsp3) is 0.938. The SMILES string of the molecule is CC(C)CC(C)(C)CCSC(=O)CCN1CCOCC1. The third kappa shape index (κ3) is 8.28. The van der Waals surface area contributed by atoms with E-state index >= 15 is 0 Å². The highest BCUT2D eigenvalue weighted by atomic mass is 32.2. The molecule has 0 radical (unpaired) electrons. The van der Waals surface area contributed by atoms with Crippen LogP contribution in [0.3, 0.4) is 0 Å². The van der Waals surface area contributed by atoms with Crippen molar-refractivity contribution in [3.8, 4) is 0 Å². The maximum Gasteiger partial charge on any atom is 0.190 e. The van der Waals surface area contributed by atoms with E-state index in [1.807, 2.05) is 0 Å². The molecular formula is C16H31NO2S. The Morgan fingerprint density at radius 2 is 1.95 bits per heavy atom. The van der Waals surface area contributed by atoms with E-state index in [1.54, 1.807) is 0 Å². The van der Waals surface area contributed by atoms with E-state index in [0.717, 1.165) is 50.9 Å². The predicted octanol–water partition coefficient (Wildman–Crippen LogP) is 3.43. The van der Waals surface area contributed by atoms with Crippen LogP contribution in [0.25, 0.3) is 0 Å². The molecule has 0 atom stereocenters. The summed E-state index contributed by atoms with van der Waals surface area (Å²) in [7, 11) is 0. The molecule has 0 spiro atoms. The van der Waals surface area contributed by atoms with Gasteiger partial charge in [0.1, 0.15) is 0 Å².